The molecule has 0 unspecified atom stereocenters. The van der Waals surface area contributed by atoms with Gasteiger partial charge in [-0.25, -0.2) is 4.98 Å². The molecule has 0 aliphatic heterocycles. The van der Waals surface area contributed by atoms with Gasteiger partial charge >= 0.3 is 0 Å². The minimum atomic E-state index is -1.15. The number of carbonyl (C=O) groups excluding carboxylic acids is 10. The largest absolute Gasteiger partial charge is 0.370 e. The number of fused-ring (bicyclic) bond motifs is 1. The highest BCUT2D eigenvalue weighted by molar-refractivity contribution is 7.98. The van der Waals surface area contributed by atoms with Gasteiger partial charge in [-0.3, -0.25) is 58.8 Å². The van der Waals surface area contributed by atoms with Crippen molar-refractivity contribution in [1.82, 2.24) is 52.7 Å². The first-order valence-electron chi connectivity index (χ1n) is 29.2. The molecule has 0 saturated carbocycles. The molecule has 1 aromatic carbocycles. The van der Waals surface area contributed by atoms with Crippen LogP contribution in [0.15, 0.2) is 53.1 Å². The first kappa shape index (κ1) is 73.2. The van der Waals surface area contributed by atoms with Gasteiger partial charge in [0.15, 0.2) is 33.4 Å². The Morgan fingerprint density at radius 1 is 0.721 bits per heavy atom. The number of primary amides is 1. The minimum absolute atomic E-state index is 0.0278. The molecule has 86 heavy (non-hydrogen) atoms. The molecule has 1 aliphatic rings. The number of aromatic amines is 1. The van der Waals surface area contributed by atoms with Gasteiger partial charge in [0.1, 0.15) is 5.78 Å². The number of thioether (sulfide) groups is 1. The summed E-state index contributed by atoms with van der Waals surface area (Å²) >= 11 is 11.9. The number of amides is 5. The SMILES string of the molecule is CNC(=S)N/N=C(C)/C(C)=N/NC(=S)NCCCC(=O)C[C@@H](CCC(N)=O)C(=O)N[C@@H](CC1=CCc2ccccc21)C(=O)C[C@@H](C)C(=O)N[C@H](C(=O)CCC(=O)N[C@@H](Cc1cnc[nH]1)C(=O)C[C@@H](CC(C)C)C(=O)N[C@@H](CCSC)C(C)=O)C(C)C. The molecule has 472 valence electrons. The highest BCUT2D eigenvalue weighted by Crippen LogP contribution is 2.31. The summed E-state index contributed by atoms with van der Waals surface area (Å²) < 4.78 is 0. The average Bonchev–Trinajstić information content (AvgIpc) is 2.92. The zero-order chi connectivity index (χ0) is 64.0. The number of hydrogen-bond acceptors (Lipinski definition) is 16. The molecule has 3 rings (SSSR count). The standard InChI is InChI=1S/C60H89N13O10S3/c1-34(2)26-43(58(83)67-47(39(8)74)23-25-86-10)30-52(78)49(31-44-32-63-33-65-44)66-54(80)22-20-50(76)55(35(3)4)69-56(81)36(5)27-51(77)48(29-41-18-17-40-14-11-12-16-46(40)41)68-57(82)42(19-21-53(61)79)28-45(75)15-13-24-64-60(85)73-71-38(7)37(6)70-72-59(84)62-9/h11-12,14,16,18,32-36,42-43,47-49,55H,13,15,17,19-31H2,1-10H3,(H2,61,79)(H,63,65)(H,66,80)(H,67,83)(H,68,82)(H,69,81)(H2,62,72,84)(H2,64,73,85)/b70-37+,71-38+/t36-,42-,43-,47+,48+,49+,55+/m1/s1. The molecule has 26 heteroatoms. The van der Waals surface area contributed by atoms with Crippen LogP contribution in [0.1, 0.15) is 149 Å². The van der Waals surface area contributed by atoms with Crippen LogP contribution >= 0.6 is 36.2 Å². The second-order valence-electron chi connectivity index (χ2n) is 22.5. The summed E-state index contributed by atoms with van der Waals surface area (Å²) in [5, 5.41) is 25.8. The maximum absolute atomic E-state index is 14.4. The smallest absolute Gasteiger partial charge is 0.224 e. The second kappa shape index (κ2) is 38.2. The van der Waals surface area contributed by atoms with Crippen LogP contribution in [0.2, 0.25) is 0 Å². The number of ketones is 5. The number of nitrogens with one attached hydrogen (secondary N) is 9. The Morgan fingerprint density at radius 3 is 1.98 bits per heavy atom. The summed E-state index contributed by atoms with van der Waals surface area (Å²) in [6.07, 6.45) is 7.04. The first-order chi connectivity index (χ1) is 40.7. The molecule has 0 spiro atoms. The number of imidazole rings is 1. The Kier molecular flexibility index (Phi) is 32.5. The van der Waals surface area contributed by atoms with E-state index in [0.717, 1.165) is 16.7 Å². The van der Waals surface area contributed by atoms with E-state index in [9.17, 15) is 47.9 Å². The number of hydrazone groups is 2. The van der Waals surface area contributed by atoms with Crippen molar-refractivity contribution in [3.8, 4) is 0 Å². The van der Waals surface area contributed by atoms with Crippen molar-refractivity contribution in [2.75, 3.05) is 25.6 Å². The van der Waals surface area contributed by atoms with Crippen LogP contribution in [0.3, 0.4) is 0 Å². The van der Waals surface area contributed by atoms with E-state index in [1.54, 1.807) is 46.5 Å². The third kappa shape index (κ3) is 26.7. The van der Waals surface area contributed by atoms with Crippen LogP contribution in [0.25, 0.3) is 5.57 Å². The molecule has 11 N–H and O–H groups in total. The van der Waals surface area contributed by atoms with Gasteiger partial charge in [0.2, 0.25) is 29.5 Å². The van der Waals surface area contributed by atoms with E-state index in [0.29, 0.717) is 60.2 Å². The number of H-pyrrole nitrogens is 1. The number of nitrogens with two attached hydrogens (primary N) is 1. The normalized spacial score (nSPS) is 14.6. The lowest BCUT2D eigenvalue weighted by Gasteiger charge is -2.25. The van der Waals surface area contributed by atoms with Gasteiger partial charge in [-0.2, -0.15) is 22.0 Å². The Bertz CT molecular complexity index is 2800. The number of benzene rings is 1. The highest BCUT2D eigenvalue weighted by atomic mass is 32.2. The molecule has 0 fully saturated rings. The zero-order valence-corrected chi connectivity index (χ0v) is 53.7. The molecule has 1 aromatic heterocycles. The minimum Gasteiger partial charge on any atom is -0.370 e. The highest BCUT2D eigenvalue weighted by Gasteiger charge is 2.34. The number of hydrogen-bond donors (Lipinski definition) is 10. The number of thiocarbonyl (C=S) groups is 2. The van der Waals surface area contributed by atoms with Gasteiger partial charge in [0.25, 0.3) is 0 Å². The van der Waals surface area contributed by atoms with Crippen LogP contribution in [-0.2, 0) is 60.8 Å². The summed E-state index contributed by atoms with van der Waals surface area (Å²) in [5.41, 5.74) is 15.3. The molecular weight excluding hydrogens is 1160 g/mol. The fourth-order valence-electron chi connectivity index (χ4n) is 9.45. The molecule has 0 bridgehead atoms. The van der Waals surface area contributed by atoms with Gasteiger partial charge in [0.05, 0.1) is 41.9 Å². The van der Waals surface area contributed by atoms with Crippen molar-refractivity contribution in [2.24, 2.45) is 45.5 Å². The van der Waals surface area contributed by atoms with Crippen LogP contribution in [0.4, 0.5) is 0 Å². The molecular formula is C60H89N13O10S3. The summed E-state index contributed by atoms with van der Waals surface area (Å²) in [6.45, 7) is 14.0. The quantitative estimate of drug-likeness (QED) is 0.0191. The second-order valence-corrected chi connectivity index (χ2v) is 24.3. The van der Waals surface area contributed by atoms with Crippen molar-refractivity contribution < 1.29 is 47.9 Å². The first-order valence-corrected chi connectivity index (χ1v) is 31.4. The fourth-order valence-corrected chi connectivity index (χ4v) is 10.1. The molecule has 7 atom stereocenters. The Hall–Kier alpha value is -7.06. The van der Waals surface area contributed by atoms with E-state index < -0.39 is 94.7 Å². The number of rotatable bonds is 40. The fraction of sp³-hybridized carbons (Fsp3) is 0.583. The van der Waals surface area contributed by atoms with Gasteiger partial charge in [-0.1, -0.05) is 65.0 Å². The van der Waals surface area contributed by atoms with Crippen LogP contribution in [0.5, 0.6) is 0 Å². The Morgan fingerprint density at radius 2 is 1.36 bits per heavy atom. The third-order valence-electron chi connectivity index (χ3n) is 14.5. The number of carbonyl (C=O) groups is 10. The lowest BCUT2D eigenvalue weighted by Crippen LogP contribution is -2.48. The predicted molar refractivity (Wildman–Crippen MR) is 342 cm³/mol. The third-order valence-corrected chi connectivity index (χ3v) is 15.7. The topological polar surface area (TPSA) is 346 Å². The van der Waals surface area contributed by atoms with Gasteiger partial charge < -0.3 is 42.6 Å². The van der Waals surface area contributed by atoms with E-state index >= 15 is 0 Å². The van der Waals surface area contributed by atoms with Crippen LogP contribution < -0.4 is 48.5 Å². The van der Waals surface area contributed by atoms with E-state index in [1.165, 1.54) is 26.4 Å². The molecule has 5 amide bonds. The van der Waals surface area contributed by atoms with Gasteiger partial charge in [-0.15, -0.1) is 0 Å². The van der Waals surface area contributed by atoms with E-state index in [2.05, 4.69) is 62.9 Å². The summed E-state index contributed by atoms with van der Waals surface area (Å²) in [4.78, 5) is 143. The number of Topliss-reactive ketones (excluding diaryl/α,β-unsaturated/α-hetero) is 5. The molecule has 0 radical (unpaired) electrons. The maximum Gasteiger partial charge on any atom is 0.224 e. The molecule has 0 saturated heterocycles. The summed E-state index contributed by atoms with van der Waals surface area (Å²) in [7, 11) is 1.66. The van der Waals surface area contributed by atoms with Crippen molar-refractivity contribution in [3.05, 3.63) is 59.7 Å². The van der Waals surface area contributed by atoms with Crippen molar-refractivity contribution >= 4 is 122 Å². The Labute approximate surface area is 520 Å². The van der Waals surface area contributed by atoms with Crippen molar-refractivity contribution in [3.63, 3.8) is 0 Å². The molecule has 1 aliphatic carbocycles. The summed E-state index contributed by atoms with van der Waals surface area (Å²) in [5.74, 6) is -7.33. The van der Waals surface area contributed by atoms with Crippen molar-refractivity contribution in [2.45, 2.75) is 169 Å². The molecule has 1 heterocycles. The van der Waals surface area contributed by atoms with E-state index in [1.807, 2.05) is 50.4 Å². The lowest BCUT2D eigenvalue weighted by molar-refractivity contribution is -0.135. The lowest BCUT2D eigenvalue weighted by atomic mass is 9.88. The van der Waals surface area contributed by atoms with Crippen molar-refractivity contribution in [1.29, 1.82) is 0 Å². The van der Waals surface area contributed by atoms with E-state index in [-0.39, 0.29) is 86.8 Å². The molecule has 23 nitrogen and oxygen atoms in total. The number of nitrogens with zero attached hydrogens (tertiary/aromatic N) is 3. The maximum atomic E-state index is 14.4. The number of allylic oxidation sites excluding steroid dienone is 1. The number of aromatic nitrogens is 2. The summed E-state index contributed by atoms with van der Waals surface area (Å²) in [6, 6.07) is 3.66. The van der Waals surface area contributed by atoms with E-state index in [4.69, 9.17) is 30.2 Å². The van der Waals surface area contributed by atoms with Crippen LogP contribution in [-0.4, -0.2) is 140 Å². The average molecular weight is 1250 g/mol. The zero-order valence-electron chi connectivity index (χ0n) is 51.3. The Balaban J connectivity index is 1.71. The monoisotopic (exact) mass is 1250 g/mol. The predicted octanol–water partition coefficient (Wildman–Crippen LogP) is 4.42. The molecule has 2 aromatic rings. The van der Waals surface area contributed by atoms with Crippen LogP contribution in [0, 0.1) is 29.6 Å². The van der Waals surface area contributed by atoms with Gasteiger partial charge in [0, 0.05) is 101 Å². The van der Waals surface area contributed by atoms with Gasteiger partial charge in [-0.05, 0) is 118 Å².